The molecule has 0 unspecified atom stereocenters. The molecule has 0 aliphatic rings. The van der Waals surface area contributed by atoms with Crippen molar-refractivity contribution in [3.8, 4) is 0 Å². The molecule has 0 atom stereocenters. The summed E-state index contributed by atoms with van der Waals surface area (Å²) in [6, 6.07) is 4.71. The molecular weight excluding hydrogens is 197 g/mol. The molecule has 0 fully saturated rings. The number of benzene rings is 1. The van der Waals surface area contributed by atoms with Crippen LogP contribution < -0.4 is 5.73 Å². The summed E-state index contributed by atoms with van der Waals surface area (Å²) in [6.07, 6.45) is 0. The molecule has 0 amide bonds. The number of thiophene rings is 1. The van der Waals surface area contributed by atoms with Gasteiger partial charge < -0.3 is 5.73 Å². The Labute approximate surface area is 77.6 Å². The van der Waals surface area contributed by atoms with Crippen molar-refractivity contribution in [3.63, 3.8) is 0 Å². The van der Waals surface area contributed by atoms with Crippen LogP contribution in [0.1, 0.15) is 0 Å². The Kier molecular flexibility index (Phi) is 1.70. The van der Waals surface area contributed by atoms with Crippen molar-refractivity contribution in [2.45, 2.75) is 0 Å². The van der Waals surface area contributed by atoms with E-state index in [-0.39, 0.29) is 5.02 Å². The van der Waals surface area contributed by atoms with Gasteiger partial charge in [0.25, 0.3) is 0 Å². The van der Waals surface area contributed by atoms with Crippen molar-refractivity contribution in [2.24, 2.45) is 0 Å². The van der Waals surface area contributed by atoms with E-state index in [2.05, 4.69) is 0 Å². The van der Waals surface area contributed by atoms with Gasteiger partial charge in [0.05, 0.1) is 10.0 Å². The van der Waals surface area contributed by atoms with Crippen LogP contribution in [0.5, 0.6) is 0 Å². The first-order chi connectivity index (χ1) is 5.68. The minimum Gasteiger partial charge on any atom is -0.391 e. The normalized spacial score (nSPS) is 10.8. The fourth-order valence-corrected chi connectivity index (χ4v) is 2.18. The molecule has 0 saturated heterocycles. The zero-order valence-electron chi connectivity index (χ0n) is 5.97. The van der Waals surface area contributed by atoms with Crippen LogP contribution in [0, 0.1) is 5.82 Å². The number of nitrogen functional groups attached to an aromatic ring is 1. The molecule has 2 rings (SSSR count). The Bertz CT molecular complexity index is 438. The maximum atomic E-state index is 12.9. The molecule has 0 aliphatic carbocycles. The average Bonchev–Trinajstić information content (AvgIpc) is 2.39. The van der Waals surface area contributed by atoms with Gasteiger partial charge in [-0.15, -0.1) is 11.3 Å². The van der Waals surface area contributed by atoms with Crippen LogP contribution in [-0.2, 0) is 0 Å². The third kappa shape index (κ3) is 1.06. The first kappa shape index (κ1) is 7.83. The summed E-state index contributed by atoms with van der Waals surface area (Å²) in [6.45, 7) is 0. The highest BCUT2D eigenvalue weighted by Crippen LogP contribution is 2.33. The molecule has 0 aliphatic heterocycles. The number of hydrogen-bond donors (Lipinski definition) is 1. The van der Waals surface area contributed by atoms with Gasteiger partial charge in [-0.3, -0.25) is 0 Å². The lowest BCUT2D eigenvalue weighted by molar-refractivity contribution is 0.630. The lowest BCUT2D eigenvalue weighted by atomic mass is 10.2. The summed E-state index contributed by atoms with van der Waals surface area (Å²) >= 11 is 7.12. The van der Waals surface area contributed by atoms with E-state index in [0.717, 1.165) is 4.70 Å². The second-order valence-electron chi connectivity index (χ2n) is 2.42. The number of fused-ring (bicyclic) bond motifs is 1. The predicted molar refractivity (Wildman–Crippen MR) is 51.2 cm³/mol. The van der Waals surface area contributed by atoms with Crippen molar-refractivity contribution in [1.82, 2.24) is 0 Å². The third-order valence-corrected chi connectivity index (χ3v) is 2.92. The van der Waals surface area contributed by atoms with E-state index in [1.807, 2.05) is 0 Å². The van der Waals surface area contributed by atoms with Gasteiger partial charge >= 0.3 is 0 Å². The van der Waals surface area contributed by atoms with Gasteiger partial charge in [-0.05, 0) is 18.2 Å². The van der Waals surface area contributed by atoms with Crippen molar-refractivity contribution in [3.05, 3.63) is 29.0 Å². The maximum Gasteiger partial charge on any atom is 0.142 e. The quantitative estimate of drug-likeness (QED) is 0.696. The van der Waals surface area contributed by atoms with E-state index >= 15 is 0 Å². The van der Waals surface area contributed by atoms with Crippen molar-refractivity contribution < 1.29 is 4.39 Å². The number of hydrogen-bond acceptors (Lipinski definition) is 2. The van der Waals surface area contributed by atoms with Crippen molar-refractivity contribution >= 4 is 38.0 Å². The molecule has 0 spiro atoms. The van der Waals surface area contributed by atoms with Gasteiger partial charge in [0.2, 0.25) is 0 Å². The highest BCUT2D eigenvalue weighted by molar-refractivity contribution is 7.22. The molecule has 2 N–H and O–H groups in total. The third-order valence-electron chi connectivity index (χ3n) is 1.61. The zero-order chi connectivity index (χ0) is 8.72. The standard InChI is InChI=1S/C8H5ClFNS/c9-8-4-3-7(11)12-6(4)2-1-5(8)10/h1-3H,11H2. The van der Waals surface area contributed by atoms with Gasteiger partial charge in [0.1, 0.15) is 5.82 Å². The second-order valence-corrected chi connectivity index (χ2v) is 3.92. The van der Waals surface area contributed by atoms with E-state index in [4.69, 9.17) is 17.3 Å². The average molecular weight is 202 g/mol. The lowest BCUT2D eigenvalue weighted by Gasteiger charge is -1.93. The van der Waals surface area contributed by atoms with E-state index in [0.29, 0.717) is 10.4 Å². The Morgan fingerprint density at radius 1 is 1.42 bits per heavy atom. The monoisotopic (exact) mass is 201 g/mol. The first-order valence-corrected chi connectivity index (χ1v) is 4.51. The minimum atomic E-state index is -0.401. The minimum absolute atomic E-state index is 0.153. The molecule has 12 heavy (non-hydrogen) atoms. The fraction of sp³-hybridized carbons (Fsp3) is 0. The predicted octanol–water partition coefficient (Wildman–Crippen LogP) is 3.28. The molecule has 1 heterocycles. The summed E-state index contributed by atoms with van der Waals surface area (Å²) in [5, 5.41) is 1.50. The highest BCUT2D eigenvalue weighted by atomic mass is 35.5. The summed E-state index contributed by atoms with van der Waals surface area (Å²) in [5.41, 5.74) is 5.55. The molecule has 0 bridgehead atoms. The molecule has 1 nitrogen and oxygen atoms in total. The van der Waals surface area contributed by atoms with Crippen LogP contribution in [0.2, 0.25) is 5.02 Å². The maximum absolute atomic E-state index is 12.9. The molecular formula is C8H5ClFNS. The Morgan fingerprint density at radius 2 is 2.17 bits per heavy atom. The van der Waals surface area contributed by atoms with E-state index in [1.54, 1.807) is 12.1 Å². The van der Waals surface area contributed by atoms with Crippen LogP contribution in [-0.4, -0.2) is 0 Å². The van der Waals surface area contributed by atoms with Gasteiger partial charge in [-0.25, -0.2) is 4.39 Å². The molecule has 1 aromatic carbocycles. The van der Waals surface area contributed by atoms with Gasteiger partial charge in [0, 0.05) is 10.1 Å². The molecule has 1 aromatic heterocycles. The van der Waals surface area contributed by atoms with Crippen molar-refractivity contribution in [2.75, 3.05) is 5.73 Å². The molecule has 62 valence electrons. The molecule has 2 aromatic rings. The second kappa shape index (κ2) is 2.61. The van der Waals surface area contributed by atoms with Crippen LogP contribution >= 0.6 is 22.9 Å². The number of anilines is 1. The Morgan fingerprint density at radius 3 is 2.92 bits per heavy atom. The SMILES string of the molecule is Nc1cc2c(Cl)c(F)ccc2s1. The Hall–Kier alpha value is -0.800. The molecule has 4 heteroatoms. The van der Waals surface area contributed by atoms with E-state index in [9.17, 15) is 4.39 Å². The van der Waals surface area contributed by atoms with Gasteiger partial charge in [-0.1, -0.05) is 11.6 Å². The molecule has 0 radical (unpaired) electrons. The van der Waals surface area contributed by atoms with Crippen LogP contribution in [0.4, 0.5) is 9.39 Å². The largest absolute Gasteiger partial charge is 0.391 e. The molecule has 0 saturated carbocycles. The summed E-state index contributed by atoms with van der Waals surface area (Å²) in [7, 11) is 0. The Balaban J connectivity index is 2.89. The first-order valence-electron chi connectivity index (χ1n) is 3.31. The van der Waals surface area contributed by atoms with E-state index < -0.39 is 5.82 Å². The number of rotatable bonds is 0. The topological polar surface area (TPSA) is 26.0 Å². The zero-order valence-corrected chi connectivity index (χ0v) is 7.55. The summed E-state index contributed by atoms with van der Waals surface area (Å²) < 4.78 is 13.8. The number of halogens is 2. The van der Waals surface area contributed by atoms with Gasteiger partial charge in [-0.2, -0.15) is 0 Å². The van der Waals surface area contributed by atoms with Crippen LogP contribution in [0.25, 0.3) is 10.1 Å². The number of nitrogens with two attached hydrogens (primary N) is 1. The van der Waals surface area contributed by atoms with Crippen molar-refractivity contribution in [1.29, 1.82) is 0 Å². The van der Waals surface area contributed by atoms with Gasteiger partial charge in [0.15, 0.2) is 0 Å². The van der Waals surface area contributed by atoms with Crippen LogP contribution in [0.3, 0.4) is 0 Å². The smallest absolute Gasteiger partial charge is 0.142 e. The lowest BCUT2D eigenvalue weighted by Crippen LogP contribution is -1.75. The van der Waals surface area contributed by atoms with E-state index in [1.165, 1.54) is 17.4 Å². The summed E-state index contributed by atoms with van der Waals surface area (Å²) in [4.78, 5) is 0. The van der Waals surface area contributed by atoms with Crippen LogP contribution in [0.15, 0.2) is 18.2 Å². The highest BCUT2D eigenvalue weighted by Gasteiger charge is 2.06. The fourth-order valence-electron chi connectivity index (χ4n) is 1.07. The summed E-state index contributed by atoms with van der Waals surface area (Å²) in [5.74, 6) is -0.401.